The highest BCUT2D eigenvalue weighted by Crippen LogP contribution is 2.49. The van der Waals surface area contributed by atoms with Crippen LogP contribution in [0.25, 0.3) is 0 Å². The lowest BCUT2D eigenvalue weighted by molar-refractivity contribution is -0.122. The van der Waals surface area contributed by atoms with Crippen LogP contribution >= 0.6 is 12.2 Å². The second-order valence-electron chi connectivity index (χ2n) is 5.95. The number of rotatable bonds is 6. The molecule has 102 valence electrons. The van der Waals surface area contributed by atoms with Gasteiger partial charge in [-0.05, 0) is 43.4 Å². The molecule has 4 atom stereocenters. The van der Waals surface area contributed by atoms with Crippen molar-refractivity contribution in [1.82, 2.24) is 5.32 Å². The van der Waals surface area contributed by atoms with Gasteiger partial charge in [-0.1, -0.05) is 32.0 Å². The minimum atomic E-state index is -0.115. The maximum Gasteiger partial charge on any atom is 0.220 e. The maximum absolute atomic E-state index is 12.0. The molecule has 0 radical (unpaired) electrons. The molecule has 2 bridgehead atoms. The smallest absolute Gasteiger partial charge is 0.220 e. The van der Waals surface area contributed by atoms with Gasteiger partial charge in [-0.15, -0.1) is 0 Å². The molecule has 0 aromatic carbocycles. The van der Waals surface area contributed by atoms with Gasteiger partial charge in [-0.3, -0.25) is 4.79 Å². The minimum absolute atomic E-state index is 0.115. The molecule has 0 aromatic heterocycles. The summed E-state index contributed by atoms with van der Waals surface area (Å²) in [6.45, 7) is 2.08. The lowest BCUT2D eigenvalue weighted by Crippen LogP contribution is -2.44. The lowest BCUT2D eigenvalue weighted by atomic mass is 9.86. The van der Waals surface area contributed by atoms with Gasteiger partial charge in [0.05, 0.1) is 11.0 Å². The fourth-order valence-corrected chi connectivity index (χ4v) is 3.87. The Morgan fingerprint density at radius 1 is 1.44 bits per heavy atom. The topological polar surface area (TPSA) is 55.1 Å². The van der Waals surface area contributed by atoms with Crippen molar-refractivity contribution in [1.29, 1.82) is 0 Å². The second kappa shape index (κ2) is 6.00. The van der Waals surface area contributed by atoms with Gasteiger partial charge in [0.1, 0.15) is 0 Å². The molecular formula is C14H24N2OS. The van der Waals surface area contributed by atoms with Crippen LogP contribution in [0, 0.1) is 17.8 Å². The van der Waals surface area contributed by atoms with Crippen molar-refractivity contribution in [2.24, 2.45) is 23.5 Å². The number of carbonyl (C=O) groups excluding carboxylic acids is 1. The largest absolute Gasteiger partial charge is 0.392 e. The van der Waals surface area contributed by atoms with Crippen LogP contribution < -0.4 is 11.1 Å². The molecule has 2 fully saturated rings. The summed E-state index contributed by atoms with van der Waals surface area (Å²) in [6, 6.07) is -0.115. The molecule has 2 rings (SSSR count). The van der Waals surface area contributed by atoms with E-state index in [0.29, 0.717) is 17.3 Å². The van der Waals surface area contributed by atoms with Gasteiger partial charge in [-0.2, -0.15) is 0 Å². The third-order valence-corrected chi connectivity index (χ3v) is 4.87. The number of nitrogens with two attached hydrogens (primary N) is 1. The molecule has 1 amide bonds. The zero-order valence-corrected chi connectivity index (χ0v) is 12.0. The molecule has 0 saturated heterocycles. The molecule has 4 heteroatoms. The van der Waals surface area contributed by atoms with Crippen LogP contribution in [-0.4, -0.2) is 16.9 Å². The fourth-order valence-electron chi connectivity index (χ4n) is 3.69. The molecule has 2 saturated carbocycles. The maximum atomic E-state index is 12.0. The highest BCUT2D eigenvalue weighted by Gasteiger charge is 2.40. The van der Waals surface area contributed by atoms with Gasteiger partial charge in [0.15, 0.2) is 0 Å². The number of thiocarbonyl (C=S) groups is 1. The molecule has 0 aliphatic heterocycles. The fraction of sp³-hybridized carbons (Fsp3) is 0.857. The molecule has 3 nitrogen and oxygen atoms in total. The standard InChI is InChI=1S/C14H24N2OS/c1-2-3-12(14(15)18)16-13(17)8-11-7-9-4-5-10(11)6-9/h9-12H,2-8H2,1H3,(H2,15,18)(H,16,17). The molecule has 0 heterocycles. The predicted octanol–water partition coefficient (Wildman–Crippen LogP) is 2.38. The zero-order valence-electron chi connectivity index (χ0n) is 11.2. The van der Waals surface area contributed by atoms with Crippen molar-refractivity contribution in [2.75, 3.05) is 0 Å². The van der Waals surface area contributed by atoms with Crippen LogP contribution in [0.15, 0.2) is 0 Å². The third-order valence-electron chi connectivity index (χ3n) is 4.59. The summed E-state index contributed by atoms with van der Waals surface area (Å²) in [5.41, 5.74) is 5.66. The first-order chi connectivity index (χ1) is 8.60. The van der Waals surface area contributed by atoms with E-state index in [0.717, 1.165) is 24.7 Å². The number of hydrogen-bond acceptors (Lipinski definition) is 2. The van der Waals surface area contributed by atoms with Gasteiger partial charge in [-0.25, -0.2) is 0 Å². The number of nitrogens with one attached hydrogen (secondary N) is 1. The zero-order chi connectivity index (χ0) is 13.1. The van der Waals surface area contributed by atoms with Crippen molar-refractivity contribution in [3.05, 3.63) is 0 Å². The first-order valence-electron chi connectivity index (χ1n) is 7.18. The Labute approximate surface area is 115 Å². The van der Waals surface area contributed by atoms with Crippen LogP contribution in [0.5, 0.6) is 0 Å². The molecule has 0 aromatic rings. The Morgan fingerprint density at radius 2 is 2.22 bits per heavy atom. The average Bonchev–Trinajstić information content (AvgIpc) is 2.90. The molecular weight excluding hydrogens is 244 g/mol. The van der Waals surface area contributed by atoms with Crippen LogP contribution in [0.2, 0.25) is 0 Å². The van der Waals surface area contributed by atoms with Gasteiger partial charge >= 0.3 is 0 Å². The summed E-state index contributed by atoms with van der Waals surface area (Å²) < 4.78 is 0. The van der Waals surface area contributed by atoms with Crippen molar-refractivity contribution in [2.45, 2.75) is 57.9 Å². The Kier molecular flexibility index (Phi) is 4.60. The monoisotopic (exact) mass is 268 g/mol. The molecule has 2 aliphatic rings. The average molecular weight is 268 g/mol. The van der Waals surface area contributed by atoms with E-state index in [1.807, 2.05) is 0 Å². The number of hydrogen-bond donors (Lipinski definition) is 2. The Bertz CT molecular complexity index is 332. The van der Waals surface area contributed by atoms with Crippen LogP contribution in [0.1, 0.15) is 51.9 Å². The highest BCUT2D eigenvalue weighted by atomic mass is 32.1. The summed E-state index contributed by atoms with van der Waals surface area (Å²) in [4.78, 5) is 12.5. The van der Waals surface area contributed by atoms with E-state index >= 15 is 0 Å². The molecule has 18 heavy (non-hydrogen) atoms. The summed E-state index contributed by atoms with van der Waals surface area (Å²) in [5.74, 6) is 2.45. The van der Waals surface area contributed by atoms with E-state index < -0.39 is 0 Å². The first-order valence-corrected chi connectivity index (χ1v) is 7.59. The highest BCUT2D eigenvalue weighted by molar-refractivity contribution is 7.80. The molecule has 2 aliphatic carbocycles. The van der Waals surface area contributed by atoms with Crippen molar-refractivity contribution < 1.29 is 4.79 Å². The summed E-state index contributed by atoms with van der Waals surface area (Å²) >= 11 is 5.00. The Hall–Kier alpha value is -0.640. The van der Waals surface area contributed by atoms with Gasteiger partial charge < -0.3 is 11.1 Å². The van der Waals surface area contributed by atoms with Gasteiger partial charge in [0, 0.05) is 6.42 Å². The lowest BCUT2D eigenvalue weighted by Gasteiger charge is -2.23. The minimum Gasteiger partial charge on any atom is -0.392 e. The molecule has 0 spiro atoms. The van der Waals surface area contributed by atoms with Gasteiger partial charge in [0.25, 0.3) is 0 Å². The third kappa shape index (κ3) is 3.22. The van der Waals surface area contributed by atoms with Crippen molar-refractivity contribution in [3.8, 4) is 0 Å². The normalized spacial score (nSPS) is 31.3. The van der Waals surface area contributed by atoms with Gasteiger partial charge in [0.2, 0.25) is 5.91 Å². The Balaban J connectivity index is 1.79. The molecule has 4 unspecified atom stereocenters. The number of carbonyl (C=O) groups is 1. The SMILES string of the molecule is CCCC(NC(=O)CC1CC2CCC1C2)C(N)=S. The number of amides is 1. The van der Waals surface area contributed by atoms with E-state index in [4.69, 9.17) is 18.0 Å². The summed E-state index contributed by atoms with van der Waals surface area (Å²) in [5, 5.41) is 3.00. The van der Waals surface area contributed by atoms with Crippen molar-refractivity contribution in [3.63, 3.8) is 0 Å². The predicted molar refractivity (Wildman–Crippen MR) is 77.2 cm³/mol. The summed E-state index contributed by atoms with van der Waals surface area (Å²) in [7, 11) is 0. The van der Waals surface area contributed by atoms with E-state index in [1.54, 1.807) is 0 Å². The van der Waals surface area contributed by atoms with Crippen LogP contribution in [0.4, 0.5) is 0 Å². The van der Waals surface area contributed by atoms with E-state index in [1.165, 1.54) is 25.7 Å². The van der Waals surface area contributed by atoms with Crippen LogP contribution in [0.3, 0.4) is 0 Å². The van der Waals surface area contributed by atoms with E-state index in [-0.39, 0.29) is 11.9 Å². The molecule has 3 N–H and O–H groups in total. The Morgan fingerprint density at radius 3 is 2.72 bits per heavy atom. The second-order valence-corrected chi connectivity index (χ2v) is 6.42. The van der Waals surface area contributed by atoms with E-state index in [2.05, 4.69) is 12.2 Å². The number of fused-ring (bicyclic) bond motifs is 2. The first kappa shape index (κ1) is 13.8. The van der Waals surface area contributed by atoms with Crippen molar-refractivity contribution >= 4 is 23.1 Å². The quantitative estimate of drug-likeness (QED) is 0.727. The summed E-state index contributed by atoms with van der Waals surface area (Å²) in [6.07, 6.45) is 7.82. The van der Waals surface area contributed by atoms with Crippen LogP contribution in [-0.2, 0) is 4.79 Å². The van der Waals surface area contributed by atoms with E-state index in [9.17, 15) is 4.79 Å².